The van der Waals surface area contributed by atoms with Crippen molar-refractivity contribution in [2.24, 2.45) is 0 Å². The van der Waals surface area contributed by atoms with Crippen LogP contribution in [-0.4, -0.2) is 43.4 Å². The number of sulfonamides is 2. The van der Waals surface area contributed by atoms with Crippen LogP contribution in [0.2, 0.25) is 0 Å². The van der Waals surface area contributed by atoms with Gasteiger partial charge in [0.15, 0.2) is 0 Å². The van der Waals surface area contributed by atoms with Crippen LogP contribution in [0.15, 0.2) is 35.2 Å². The molecule has 0 bridgehead atoms. The summed E-state index contributed by atoms with van der Waals surface area (Å²) in [4.78, 5) is 0.0797. The molecule has 8 nitrogen and oxygen atoms in total. The molecule has 0 amide bonds. The monoisotopic (exact) mass is 454 g/mol. The molecule has 1 aliphatic rings. The Morgan fingerprint density at radius 3 is 2.37 bits per heavy atom. The maximum Gasteiger partial charge on any atom is 0.262 e. The van der Waals surface area contributed by atoms with Crippen molar-refractivity contribution in [1.82, 2.24) is 0 Å². The van der Waals surface area contributed by atoms with E-state index in [0.717, 1.165) is 6.42 Å². The van der Waals surface area contributed by atoms with Crippen molar-refractivity contribution in [3.8, 4) is 11.5 Å². The van der Waals surface area contributed by atoms with Gasteiger partial charge in [-0.2, -0.15) is 0 Å². The van der Waals surface area contributed by atoms with Gasteiger partial charge in [0.1, 0.15) is 11.5 Å². The molecule has 2 aromatic carbocycles. The fourth-order valence-corrected chi connectivity index (χ4v) is 6.55. The maximum absolute atomic E-state index is 13.1. The minimum atomic E-state index is -3.93. The third-order valence-electron chi connectivity index (χ3n) is 5.05. The summed E-state index contributed by atoms with van der Waals surface area (Å²) in [5.74, 6) is 0.960. The Morgan fingerprint density at radius 2 is 1.73 bits per heavy atom. The quantitative estimate of drug-likeness (QED) is 0.720. The smallest absolute Gasteiger partial charge is 0.262 e. The van der Waals surface area contributed by atoms with Crippen LogP contribution in [-0.2, 0) is 20.0 Å². The van der Waals surface area contributed by atoms with E-state index in [4.69, 9.17) is 9.47 Å². The molecule has 1 saturated heterocycles. The van der Waals surface area contributed by atoms with Crippen molar-refractivity contribution >= 4 is 31.4 Å². The number of nitrogens with one attached hydrogen (secondary N) is 1. The highest BCUT2D eigenvalue weighted by molar-refractivity contribution is 7.93. The molecule has 0 saturated carbocycles. The van der Waals surface area contributed by atoms with Crippen LogP contribution in [0, 0.1) is 13.8 Å². The summed E-state index contributed by atoms with van der Waals surface area (Å²) in [5.41, 5.74) is 1.83. The highest BCUT2D eigenvalue weighted by atomic mass is 32.2. The molecule has 0 aliphatic carbocycles. The summed E-state index contributed by atoms with van der Waals surface area (Å²) in [7, 11) is -4.37. The predicted molar refractivity (Wildman–Crippen MR) is 117 cm³/mol. The van der Waals surface area contributed by atoms with Gasteiger partial charge in [-0.3, -0.25) is 9.03 Å². The van der Waals surface area contributed by atoms with Gasteiger partial charge in [0.05, 0.1) is 36.2 Å². The molecule has 0 atom stereocenters. The van der Waals surface area contributed by atoms with Gasteiger partial charge in [-0.25, -0.2) is 16.8 Å². The number of ether oxygens (including phenoxy) is 2. The van der Waals surface area contributed by atoms with Gasteiger partial charge >= 0.3 is 0 Å². The van der Waals surface area contributed by atoms with Gasteiger partial charge in [-0.05, 0) is 62.1 Å². The van der Waals surface area contributed by atoms with Gasteiger partial charge in [-0.15, -0.1) is 0 Å². The predicted octanol–water partition coefficient (Wildman–Crippen LogP) is 3.05. The molecule has 1 aliphatic heterocycles. The van der Waals surface area contributed by atoms with E-state index in [2.05, 4.69) is 4.72 Å². The first-order valence-electron chi connectivity index (χ1n) is 9.45. The number of methoxy groups -OCH3 is 2. The second-order valence-electron chi connectivity index (χ2n) is 7.17. The molecule has 2 aromatic rings. The van der Waals surface area contributed by atoms with Crippen molar-refractivity contribution < 1.29 is 26.3 Å². The van der Waals surface area contributed by atoms with E-state index in [-0.39, 0.29) is 16.3 Å². The summed E-state index contributed by atoms with van der Waals surface area (Å²) >= 11 is 0. The third-order valence-corrected chi connectivity index (χ3v) is 8.42. The van der Waals surface area contributed by atoms with Crippen molar-refractivity contribution in [2.75, 3.05) is 35.5 Å². The first-order chi connectivity index (χ1) is 14.1. The van der Waals surface area contributed by atoms with E-state index < -0.39 is 20.0 Å². The Kier molecular flexibility index (Phi) is 6.19. The largest absolute Gasteiger partial charge is 0.497 e. The standard InChI is InChI=1S/C20H26N2O6S2/c1-14-12-20(15(2)11-18(14)22-9-5-6-10-29(22,23)24)30(25,26)21-17-8-7-16(27-3)13-19(17)28-4/h7-8,11-13,21H,5-6,9-10H2,1-4H3. The summed E-state index contributed by atoms with van der Waals surface area (Å²) in [6.07, 6.45) is 1.41. The average molecular weight is 455 g/mol. The Labute approximate surface area is 177 Å². The Hall–Kier alpha value is -2.46. The molecule has 0 unspecified atom stereocenters. The average Bonchev–Trinajstić information content (AvgIpc) is 2.69. The van der Waals surface area contributed by atoms with E-state index in [9.17, 15) is 16.8 Å². The second kappa shape index (κ2) is 8.35. The van der Waals surface area contributed by atoms with E-state index in [1.165, 1.54) is 24.6 Å². The van der Waals surface area contributed by atoms with E-state index in [1.54, 1.807) is 38.1 Å². The van der Waals surface area contributed by atoms with Gasteiger partial charge in [0.2, 0.25) is 10.0 Å². The molecular weight excluding hydrogens is 428 g/mol. The van der Waals surface area contributed by atoms with Crippen molar-refractivity contribution in [1.29, 1.82) is 0 Å². The number of aryl methyl sites for hydroxylation is 2. The summed E-state index contributed by atoms with van der Waals surface area (Å²) < 4.78 is 65.4. The minimum absolute atomic E-state index is 0.0797. The Bertz CT molecular complexity index is 1160. The number of nitrogens with zero attached hydrogens (tertiary/aromatic N) is 1. The zero-order chi connectivity index (χ0) is 22.1. The summed E-state index contributed by atoms with van der Waals surface area (Å²) in [6, 6.07) is 7.90. The highest BCUT2D eigenvalue weighted by Gasteiger charge is 2.29. The first-order valence-corrected chi connectivity index (χ1v) is 12.5. The Balaban J connectivity index is 1.99. The zero-order valence-corrected chi connectivity index (χ0v) is 19.1. The van der Waals surface area contributed by atoms with Gasteiger partial charge in [-0.1, -0.05) is 0 Å². The molecule has 10 heteroatoms. The van der Waals surface area contributed by atoms with Gasteiger partial charge in [0.25, 0.3) is 10.0 Å². The topological polar surface area (TPSA) is 102 Å². The summed E-state index contributed by atoms with van der Waals surface area (Å²) in [6.45, 7) is 3.77. The molecule has 1 N–H and O–H groups in total. The van der Waals surface area contributed by atoms with Crippen LogP contribution in [0.1, 0.15) is 24.0 Å². The third kappa shape index (κ3) is 4.34. The zero-order valence-electron chi connectivity index (χ0n) is 17.4. The number of benzene rings is 2. The normalized spacial score (nSPS) is 16.2. The lowest BCUT2D eigenvalue weighted by Crippen LogP contribution is -2.38. The van der Waals surface area contributed by atoms with E-state index in [0.29, 0.717) is 41.3 Å². The number of hydrogen-bond donors (Lipinski definition) is 1. The van der Waals surface area contributed by atoms with E-state index in [1.807, 2.05) is 0 Å². The molecule has 0 aromatic heterocycles. The minimum Gasteiger partial charge on any atom is -0.497 e. The maximum atomic E-state index is 13.1. The lowest BCUT2D eigenvalue weighted by atomic mass is 10.1. The molecule has 1 fully saturated rings. The molecule has 0 spiro atoms. The lowest BCUT2D eigenvalue weighted by molar-refractivity contribution is 0.395. The molecule has 3 rings (SSSR count). The highest BCUT2D eigenvalue weighted by Crippen LogP contribution is 2.34. The van der Waals surface area contributed by atoms with Gasteiger partial charge < -0.3 is 9.47 Å². The lowest BCUT2D eigenvalue weighted by Gasteiger charge is -2.30. The van der Waals surface area contributed by atoms with Crippen LogP contribution in [0.5, 0.6) is 11.5 Å². The SMILES string of the molecule is COc1ccc(NS(=O)(=O)c2cc(C)c(N3CCCCS3(=O)=O)cc2C)c(OC)c1. The van der Waals surface area contributed by atoms with Crippen molar-refractivity contribution in [2.45, 2.75) is 31.6 Å². The molecular formula is C20H26N2O6S2. The van der Waals surface area contributed by atoms with Crippen LogP contribution < -0.4 is 18.5 Å². The van der Waals surface area contributed by atoms with Crippen molar-refractivity contribution in [3.63, 3.8) is 0 Å². The van der Waals surface area contributed by atoms with Crippen LogP contribution >= 0.6 is 0 Å². The number of rotatable bonds is 6. The van der Waals surface area contributed by atoms with Gasteiger partial charge in [0, 0.05) is 12.6 Å². The molecule has 0 radical (unpaired) electrons. The van der Waals surface area contributed by atoms with E-state index >= 15 is 0 Å². The molecule has 1 heterocycles. The fourth-order valence-electron chi connectivity index (χ4n) is 3.47. The number of anilines is 2. The number of hydrogen-bond acceptors (Lipinski definition) is 6. The first kappa shape index (κ1) is 22.2. The van der Waals surface area contributed by atoms with Crippen LogP contribution in [0.25, 0.3) is 0 Å². The molecule has 164 valence electrons. The second-order valence-corrected chi connectivity index (χ2v) is 10.8. The fraction of sp³-hybridized carbons (Fsp3) is 0.400. The van der Waals surface area contributed by atoms with Crippen molar-refractivity contribution in [3.05, 3.63) is 41.5 Å². The molecule has 30 heavy (non-hydrogen) atoms. The summed E-state index contributed by atoms with van der Waals surface area (Å²) in [5, 5.41) is 0. The Morgan fingerprint density at radius 1 is 1.00 bits per heavy atom. The van der Waals surface area contributed by atoms with Crippen LogP contribution in [0.3, 0.4) is 0 Å². The van der Waals surface area contributed by atoms with Crippen LogP contribution in [0.4, 0.5) is 11.4 Å².